The van der Waals surface area contributed by atoms with Crippen LogP contribution in [0.15, 0.2) is 12.1 Å². The second-order valence-electron chi connectivity index (χ2n) is 4.02. The third-order valence-electron chi connectivity index (χ3n) is 2.73. The molecule has 1 N–H and O–H groups in total. The second-order valence-corrected chi connectivity index (χ2v) is 4.93. The minimum atomic E-state index is -0.929. The minimum absolute atomic E-state index is 0.264. The summed E-state index contributed by atoms with van der Waals surface area (Å²) >= 11 is 1.78. The maximum absolute atomic E-state index is 10.9. The van der Waals surface area contributed by atoms with Gasteiger partial charge in [0.15, 0.2) is 0 Å². The van der Waals surface area contributed by atoms with Gasteiger partial charge in [0.2, 0.25) is 0 Å². The Kier molecular flexibility index (Phi) is 4.81. The minimum Gasteiger partial charge on any atom is -0.478 e. The van der Waals surface area contributed by atoms with Gasteiger partial charge < -0.3 is 10.0 Å². The Hall–Kier alpha value is -1.23. The molecule has 1 unspecified atom stereocenters. The Morgan fingerprint density at radius 1 is 1.59 bits per heavy atom. The first kappa shape index (κ1) is 13.8. The maximum Gasteiger partial charge on any atom is 0.337 e. The number of hydrogen-bond donors (Lipinski definition) is 1. The number of aromatic carboxylic acids is 1. The predicted octanol–water partition coefficient (Wildman–Crippen LogP) is 2.28. The molecule has 0 aliphatic heterocycles. The van der Waals surface area contributed by atoms with Gasteiger partial charge in [-0.15, -0.1) is 0 Å². The topological polar surface area (TPSA) is 53.4 Å². The molecule has 0 amide bonds. The summed E-state index contributed by atoms with van der Waals surface area (Å²) in [4.78, 5) is 17.3. The highest BCUT2D eigenvalue weighted by Gasteiger charge is 2.14. The van der Waals surface area contributed by atoms with E-state index in [1.54, 1.807) is 30.8 Å². The number of carboxylic acid groups (broad SMARTS) is 1. The Morgan fingerprint density at radius 2 is 2.24 bits per heavy atom. The molecule has 0 saturated heterocycles. The molecule has 0 radical (unpaired) electrons. The smallest absolute Gasteiger partial charge is 0.337 e. The summed E-state index contributed by atoms with van der Waals surface area (Å²) in [6.07, 6.45) is 2.07. The zero-order chi connectivity index (χ0) is 13.0. The molecule has 94 valence electrons. The van der Waals surface area contributed by atoms with Crippen molar-refractivity contribution in [2.75, 3.05) is 24.0 Å². The normalized spacial score (nSPS) is 12.2. The first-order valence-electron chi connectivity index (χ1n) is 5.40. The van der Waals surface area contributed by atoms with E-state index in [9.17, 15) is 4.79 Å². The number of anilines is 1. The number of aromatic nitrogens is 1. The summed E-state index contributed by atoms with van der Waals surface area (Å²) in [5.74, 6) is 0.896. The largest absolute Gasteiger partial charge is 0.478 e. The van der Waals surface area contributed by atoms with Gasteiger partial charge in [-0.1, -0.05) is 0 Å². The van der Waals surface area contributed by atoms with Crippen LogP contribution in [0.5, 0.6) is 0 Å². The fraction of sp³-hybridized carbons (Fsp3) is 0.500. The Bertz CT molecular complexity index is 409. The molecule has 1 rings (SSSR count). The number of carbonyl (C=O) groups is 1. The molecule has 5 heteroatoms. The first-order chi connectivity index (χ1) is 7.97. The van der Waals surface area contributed by atoms with Crippen molar-refractivity contribution in [3.8, 4) is 0 Å². The summed E-state index contributed by atoms with van der Waals surface area (Å²) in [5, 5.41) is 8.93. The van der Waals surface area contributed by atoms with Crippen molar-refractivity contribution in [3.63, 3.8) is 0 Å². The van der Waals surface area contributed by atoms with Crippen LogP contribution in [0.1, 0.15) is 23.0 Å². The van der Waals surface area contributed by atoms with Gasteiger partial charge in [0.1, 0.15) is 5.82 Å². The molecule has 4 nitrogen and oxygen atoms in total. The van der Waals surface area contributed by atoms with E-state index >= 15 is 0 Å². The number of thioether (sulfide) groups is 1. The highest BCUT2D eigenvalue weighted by atomic mass is 32.2. The lowest BCUT2D eigenvalue weighted by Crippen LogP contribution is -2.31. The number of aryl methyl sites for hydroxylation is 1. The van der Waals surface area contributed by atoms with Crippen LogP contribution in [-0.2, 0) is 0 Å². The molecule has 1 atom stereocenters. The molecule has 0 aliphatic rings. The number of carboxylic acids is 1. The standard InChI is InChI=1S/C12H18N2O2S/c1-8(7-17-4)14(3)11-6-5-10(12(15)16)9(2)13-11/h5-6,8H,7H2,1-4H3,(H,15,16). The van der Waals surface area contributed by atoms with Crippen LogP contribution in [0.25, 0.3) is 0 Å². The number of nitrogens with zero attached hydrogens (tertiary/aromatic N) is 2. The van der Waals surface area contributed by atoms with Crippen LogP contribution in [0, 0.1) is 6.92 Å². The van der Waals surface area contributed by atoms with Gasteiger partial charge in [-0.05, 0) is 32.2 Å². The van der Waals surface area contributed by atoms with E-state index in [0.717, 1.165) is 11.6 Å². The van der Waals surface area contributed by atoms with Crippen LogP contribution in [0.3, 0.4) is 0 Å². The highest BCUT2D eigenvalue weighted by Crippen LogP contribution is 2.17. The van der Waals surface area contributed by atoms with Crippen LogP contribution in [-0.4, -0.2) is 41.2 Å². The first-order valence-corrected chi connectivity index (χ1v) is 6.79. The summed E-state index contributed by atoms with van der Waals surface area (Å²) in [5.41, 5.74) is 0.817. The summed E-state index contributed by atoms with van der Waals surface area (Å²) in [7, 11) is 1.98. The van der Waals surface area contributed by atoms with E-state index < -0.39 is 5.97 Å². The third kappa shape index (κ3) is 3.36. The SMILES string of the molecule is CSCC(C)N(C)c1ccc(C(=O)O)c(C)n1. The van der Waals surface area contributed by atoms with E-state index in [4.69, 9.17) is 5.11 Å². The lowest BCUT2D eigenvalue weighted by molar-refractivity contribution is 0.0695. The third-order valence-corrected chi connectivity index (χ3v) is 3.55. The Balaban J connectivity index is 2.93. The molecule has 1 heterocycles. The number of rotatable bonds is 5. The molecule has 1 aromatic rings. The van der Waals surface area contributed by atoms with Gasteiger partial charge >= 0.3 is 5.97 Å². The number of hydrogen-bond acceptors (Lipinski definition) is 4. The summed E-state index contributed by atoms with van der Waals surface area (Å²) in [6, 6.07) is 3.74. The lowest BCUT2D eigenvalue weighted by Gasteiger charge is -2.25. The van der Waals surface area contributed by atoms with Crippen molar-refractivity contribution in [2.24, 2.45) is 0 Å². The Labute approximate surface area is 106 Å². The zero-order valence-electron chi connectivity index (χ0n) is 10.6. The number of pyridine rings is 1. The van der Waals surface area contributed by atoms with Gasteiger partial charge in [-0.3, -0.25) is 0 Å². The molecule has 0 saturated carbocycles. The molecule has 1 aromatic heterocycles. The van der Waals surface area contributed by atoms with Crippen molar-refractivity contribution >= 4 is 23.5 Å². The van der Waals surface area contributed by atoms with Crippen molar-refractivity contribution in [3.05, 3.63) is 23.4 Å². The fourth-order valence-electron chi connectivity index (χ4n) is 1.55. The van der Waals surface area contributed by atoms with Crippen molar-refractivity contribution in [1.82, 2.24) is 4.98 Å². The van der Waals surface area contributed by atoms with Crippen LogP contribution in [0.4, 0.5) is 5.82 Å². The second kappa shape index (κ2) is 5.91. The predicted molar refractivity (Wildman–Crippen MR) is 72.2 cm³/mol. The summed E-state index contributed by atoms with van der Waals surface area (Å²) < 4.78 is 0. The average molecular weight is 254 g/mol. The van der Waals surface area contributed by atoms with Crippen molar-refractivity contribution < 1.29 is 9.90 Å². The maximum atomic E-state index is 10.9. The van der Waals surface area contributed by atoms with Gasteiger partial charge in [-0.2, -0.15) is 11.8 Å². The fourth-order valence-corrected chi connectivity index (χ4v) is 2.26. The van der Waals surface area contributed by atoms with E-state index in [-0.39, 0.29) is 5.56 Å². The van der Waals surface area contributed by atoms with Crippen molar-refractivity contribution in [1.29, 1.82) is 0 Å². The quantitative estimate of drug-likeness (QED) is 0.873. The molecule has 17 heavy (non-hydrogen) atoms. The van der Waals surface area contributed by atoms with Gasteiger partial charge in [0, 0.05) is 18.8 Å². The highest BCUT2D eigenvalue weighted by molar-refractivity contribution is 7.98. The molecule has 0 spiro atoms. The monoisotopic (exact) mass is 254 g/mol. The lowest BCUT2D eigenvalue weighted by atomic mass is 10.2. The molecule has 0 fully saturated rings. The zero-order valence-corrected chi connectivity index (χ0v) is 11.4. The van der Waals surface area contributed by atoms with E-state index in [1.165, 1.54) is 0 Å². The van der Waals surface area contributed by atoms with E-state index in [1.807, 2.05) is 7.05 Å². The molecular weight excluding hydrogens is 236 g/mol. The van der Waals surface area contributed by atoms with Crippen LogP contribution >= 0.6 is 11.8 Å². The van der Waals surface area contributed by atoms with Crippen molar-refractivity contribution in [2.45, 2.75) is 19.9 Å². The summed E-state index contributed by atoms with van der Waals surface area (Å²) in [6.45, 7) is 3.85. The average Bonchev–Trinajstić information content (AvgIpc) is 2.27. The van der Waals surface area contributed by atoms with Crippen LogP contribution < -0.4 is 4.90 Å². The van der Waals surface area contributed by atoms with Gasteiger partial charge in [-0.25, -0.2) is 9.78 Å². The van der Waals surface area contributed by atoms with E-state index in [0.29, 0.717) is 11.7 Å². The molecule has 0 aromatic carbocycles. The van der Waals surface area contributed by atoms with Gasteiger partial charge in [0.25, 0.3) is 0 Å². The van der Waals surface area contributed by atoms with Gasteiger partial charge in [0.05, 0.1) is 11.3 Å². The van der Waals surface area contributed by atoms with E-state index in [2.05, 4.69) is 23.1 Å². The Morgan fingerprint density at radius 3 is 2.71 bits per heavy atom. The van der Waals surface area contributed by atoms with Crippen LogP contribution in [0.2, 0.25) is 0 Å². The molecular formula is C12H18N2O2S. The molecule has 0 aliphatic carbocycles. The molecule has 0 bridgehead atoms.